The molecule has 1 unspecified atom stereocenters. The molecule has 1 heterocycles. The Kier molecular flexibility index (Phi) is 3.53. The zero-order valence-electron chi connectivity index (χ0n) is 9.54. The van der Waals surface area contributed by atoms with Gasteiger partial charge in [-0.1, -0.05) is 0 Å². The number of aromatic nitrogens is 2. The number of aliphatic hydroxyl groups is 1. The minimum atomic E-state index is -0.624. The van der Waals surface area contributed by atoms with E-state index in [1.807, 2.05) is 0 Å². The molecular weight excluding hydrogens is 240 g/mol. The van der Waals surface area contributed by atoms with Gasteiger partial charge in [-0.05, 0) is 18.8 Å². The van der Waals surface area contributed by atoms with Crippen LogP contribution in [0.3, 0.4) is 0 Å². The van der Waals surface area contributed by atoms with E-state index in [0.717, 1.165) is 19.2 Å². The first kappa shape index (κ1) is 12.5. The van der Waals surface area contributed by atoms with Crippen molar-refractivity contribution in [3.63, 3.8) is 0 Å². The quantitative estimate of drug-likeness (QED) is 0.312. The van der Waals surface area contributed by atoms with Crippen LogP contribution in [0, 0.1) is 16.0 Å². The van der Waals surface area contributed by atoms with Crippen LogP contribution in [0.4, 0.5) is 17.3 Å². The normalized spacial score (nSPS) is 16.1. The van der Waals surface area contributed by atoms with Crippen molar-refractivity contribution in [3.8, 4) is 0 Å². The zero-order valence-corrected chi connectivity index (χ0v) is 9.54. The van der Waals surface area contributed by atoms with E-state index in [4.69, 9.17) is 5.84 Å². The number of nitrogens with two attached hydrogens (primary N) is 1. The molecule has 1 aliphatic carbocycles. The van der Waals surface area contributed by atoms with Crippen molar-refractivity contribution in [2.24, 2.45) is 11.8 Å². The molecule has 1 atom stereocenters. The number of nitrogens with one attached hydrogen (secondary N) is 2. The van der Waals surface area contributed by atoms with Crippen molar-refractivity contribution in [3.05, 3.63) is 16.4 Å². The second kappa shape index (κ2) is 5.10. The summed E-state index contributed by atoms with van der Waals surface area (Å²) in [5, 5.41) is 23.4. The average molecular weight is 254 g/mol. The molecule has 1 aliphatic rings. The van der Waals surface area contributed by atoms with E-state index in [2.05, 4.69) is 20.7 Å². The van der Waals surface area contributed by atoms with Gasteiger partial charge in [0.2, 0.25) is 11.6 Å². The molecule has 18 heavy (non-hydrogen) atoms. The van der Waals surface area contributed by atoms with E-state index < -0.39 is 11.0 Å². The van der Waals surface area contributed by atoms with Crippen molar-refractivity contribution in [1.29, 1.82) is 0 Å². The number of rotatable bonds is 6. The van der Waals surface area contributed by atoms with E-state index in [0.29, 0.717) is 0 Å². The van der Waals surface area contributed by atoms with Gasteiger partial charge in [0.05, 0.1) is 11.0 Å². The van der Waals surface area contributed by atoms with E-state index in [-0.39, 0.29) is 29.8 Å². The number of hydrogen-bond donors (Lipinski definition) is 4. The van der Waals surface area contributed by atoms with Gasteiger partial charge in [0.1, 0.15) is 6.33 Å². The van der Waals surface area contributed by atoms with Crippen LogP contribution in [-0.4, -0.2) is 32.6 Å². The van der Waals surface area contributed by atoms with Gasteiger partial charge in [-0.3, -0.25) is 10.1 Å². The third-order valence-corrected chi connectivity index (χ3v) is 2.79. The minimum absolute atomic E-state index is 0.0441. The van der Waals surface area contributed by atoms with Crippen molar-refractivity contribution in [2.45, 2.75) is 18.9 Å². The number of hydrazine groups is 1. The smallest absolute Gasteiger partial charge is 0.354 e. The lowest BCUT2D eigenvalue weighted by atomic mass is 10.2. The summed E-state index contributed by atoms with van der Waals surface area (Å²) in [7, 11) is 0. The first-order valence-corrected chi connectivity index (χ1v) is 5.51. The monoisotopic (exact) mass is 254 g/mol. The third kappa shape index (κ3) is 2.63. The minimum Gasteiger partial charge on any atom is -0.391 e. The Labute approximate surface area is 103 Å². The highest BCUT2D eigenvalue weighted by Gasteiger charge is 2.30. The lowest BCUT2D eigenvalue weighted by Gasteiger charge is -2.11. The van der Waals surface area contributed by atoms with Crippen molar-refractivity contribution in [2.75, 3.05) is 17.3 Å². The summed E-state index contributed by atoms with van der Waals surface area (Å²) in [5.74, 6) is 5.41. The van der Waals surface area contributed by atoms with Gasteiger partial charge in [0.25, 0.3) is 0 Å². The Hall–Kier alpha value is -2.00. The van der Waals surface area contributed by atoms with E-state index >= 15 is 0 Å². The fourth-order valence-corrected chi connectivity index (χ4v) is 1.64. The fourth-order valence-electron chi connectivity index (χ4n) is 1.64. The second-order valence-corrected chi connectivity index (χ2v) is 4.11. The van der Waals surface area contributed by atoms with Crippen LogP contribution >= 0.6 is 0 Å². The number of nitro groups is 1. The summed E-state index contributed by atoms with van der Waals surface area (Å²) in [6.07, 6.45) is 2.62. The van der Waals surface area contributed by atoms with Crippen LogP contribution in [0.5, 0.6) is 0 Å². The van der Waals surface area contributed by atoms with Crippen LogP contribution in [0.2, 0.25) is 0 Å². The number of hydrogen-bond acceptors (Lipinski definition) is 8. The summed E-state index contributed by atoms with van der Waals surface area (Å²) in [6.45, 7) is 0.215. The molecule has 98 valence electrons. The maximum absolute atomic E-state index is 10.9. The van der Waals surface area contributed by atoms with Crippen molar-refractivity contribution < 1.29 is 10.0 Å². The molecule has 0 bridgehead atoms. The molecule has 9 heteroatoms. The molecule has 1 fully saturated rings. The molecule has 1 aromatic rings. The SMILES string of the molecule is NNc1ncnc(NCC(O)C2CC2)c1[N+](=O)[O-]. The van der Waals surface area contributed by atoms with Gasteiger partial charge in [0, 0.05) is 6.54 Å². The first-order valence-electron chi connectivity index (χ1n) is 5.51. The average Bonchev–Trinajstić information content (AvgIpc) is 3.19. The van der Waals surface area contributed by atoms with E-state index in [1.165, 1.54) is 0 Å². The highest BCUT2D eigenvalue weighted by Crippen LogP contribution is 2.33. The van der Waals surface area contributed by atoms with Crippen LogP contribution < -0.4 is 16.6 Å². The molecule has 1 saturated carbocycles. The van der Waals surface area contributed by atoms with Gasteiger partial charge in [0.15, 0.2) is 0 Å². The van der Waals surface area contributed by atoms with Gasteiger partial charge in [-0.15, -0.1) is 0 Å². The molecule has 0 radical (unpaired) electrons. The number of anilines is 2. The van der Waals surface area contributed by atoms with E-state index in [1.54, 1.807) is 0 Å². The molecule has 0 spiro atoms. The molecule has 9 nitrogen and oxygen atoms in total. The fraction of sp³-hybridized carbons (Fsp3) is 0.556. The number of aliphatic hydroxyl groups excluding tert-OH is 1. The van der Waals surface area contributed by atoms with Crippen molar-refractivity contribution in [1.82, 2.24) is 9.97 Å². The van der Waals surface area contributed by atoms with Gasteiger partial charge in [-0.2, -0.15) is 0 Å². The van der Waals surface area contributed by atoms with Crippen molar-refractivity contribution >= 4 is 17.3 Å². The lowest BCUT2D eigenvalue weighted by Crippen LogP contribution is -2.23. The van der Waals surface area contributed by atoms with Gasteiger partial charge >= 0.3 is 5.69 Å². The molecule has 0 amide bonds. The summed E-state index contributed by atoms with van der Waals surface area (Å²) in [4.78, 5) is 17.7. The molecular formula is C9H14N6O3. The number of nitrogen functional groups attached to an aromatic ring is 1. The maximum Gasteiger partial charge on any atom is 0.354 e. The lowest BCUT2D eigenvalue weighted by molar-refractivity contribution is -0.383. The Bertz CT molecular complexity index is 450. The maximum atomic E-state index is 10.9. The molecule has 0 aliphatic heterocycles. The molecule has 5 N–H and O–H groups in total. The molecule has 2 rings (SSSR count). The zero-order chi connectivity index (χ0) is 13.1. The second-order valence-electron chi connectivity index (χ2n) is 4.11. The summed E-state index contributed by atoms with van der Waals surface area (Å²) in [6, 6.07) is 0. The van der Waals surface area contributed by atoms with Gasteiger partial charge < -0.3 is 15.8 Å². The topological polar surface area (TPSA) is 139 Å². The van der Waals surface area contributed by atoms with E-state index in [9.17, 15) is 15.2 Å². The Morgan fingerprint density at radius 2 is 2.22 bits per heavy atom. The first-order chi connectivity index (χ1) is 8.63. The molecule has 1 aromatic heterocycles. The highest BCUT2D eigenvalue weighted by atomic mass is 16.6. The standard InChI is InChI=1S/C9H14N6O3/c10-14-9-7(15(17)18)8(12-4-13-9)11-3-6(16)5-1-2-5/h4-6,16H,1-3,10H2,(H2,11,12,13,14). The van der Waals surface area contributed by atoms with Gasteiger partial charge in [-0.25, -0.2) is 15.8 Å². The summed E-state index contributed by atoms with van der Waals surface area (Å²) in [5.41, 5.74) is 1.81. The number of nitrogens with zero attached hydrogens (tertiary/aromatic N) is 3. The van der Waals surface area contributed by atoms with Crippen LogP contribution in [0.25, 0.3) is 0 Å². The summed E-state index contributed by atoms with van der Waals surface area (Å²) < 4.78 is 0. The van der Waals surface area contributed by atoms with Crippen LogP contribution in [0.1, 0.15) is 12.8 Å². The molecule has 0 aromatic carbocycles. The Morgan fingerprint density at radius 3 is 2.78 bits per heavy atom. The summed E-state index contributed by atoms with van der Waals surface area (Å²) >= 11 is 0. The molecule has 0 saturated heterocycles. The third-order valence-electron chi connectivity index (χ3n) is 2.79. The Balaban J connectivity index is 2.12. The predicted octanol–water partition coefficient (Wildman–Crippen LogP) is -0.147. The largest absolute Gasteiger partial charge is 0.391 e. The van der Waals surface area contributed by atoms with Crippen LogP contribution in [-0.2, 0) is 0 Å². The van der Waals surface area contributed by atoms with Crippen LogP contribution in [0.15, 0.2) is 6.33 Å². The highest BCUT2D eigenvalue weighted by molar-refractivity contribution is 5.68. The predicted molar refractivity (Wildman–Crippen MR) is 63.7 cm³/mol. The Morgan fingerprint density at radius 1 is 1.56 bits per heavy atom.